The molecule has 4 heteroatoms. The molecule has 0 spiro atoms. The van der Waals surface area contributed by atoms with Gasteiger partial charge in [0.2, 0.25) is 11.8 Å². The Balaban J connectivity index is 0.000000686. The Hall–Kier alpha value is -1.06. The molecular weight excluding hydrogens is 216 g/mol. The van der Waals surface area contributed by atoms with Gasteiger partial charge in [0.15, 0.2) is 0 Å². The number of amides is 2. The Labute approximate surface area is 104 Å². The first-order valence-corrected chi connectivity index (χ1v) is 6.70. The first kappa shape index (κ1) is 14.0. The molecule has 1 N–H and O–H groups in total. The lowest BCUT2D eigenvalue weighted by Gasteiger charge is -2.16. The van der Waals surface area contributed by atoms with Crippen LogP contribution < -0.4 is 5.32 Å². The summed E-state index contributed by atoms with van der Waals surface area (Å²) in [5.74, 6) is 0.0465. The van der Waals surface area contributed by atoms with Gasteiger partial charge in [-0.25, -0.2) is 0 Å². The number of nitrogens with zero attached hydrogens (tertiary/aromatic N) is 1. The summed E-state index contributed by atoms with van der Waals surface area (Å²) in [6.45, 7) is 8.49. The van der Waals surface area contributed by atoms with Gasteiger partial charge in [-0.3, -0.25) is 9.59 Å². The minimum absolute atomic E-state index is 0.0222. The molecule has 2 amide bonds. The molecule has 2 fully saturated rings. The molecule has 1 aliphatic heterocycles. The smallest absolute Gasteiger partial charge is 0.245 e. The van der Waals surface area contributed by atoms with Crippen molar-refractivity contribution in [1.29, 1.82) is 0 Å². The molecule has 2 rings (SSSR count). The van der Waals surface area contributed by atoms with Crippen molar-refractivity contribution >= 4 is 11.8 Å². The summed E-state index contributed by atoms with van der Waals surface area (Å²) in [7, 11) is 0. The standard InChI is InChI=1S/C11H18N2O2.C2H6/c1-7(2)10(14)12-9-5-6-13(11(9)15)8-3-4-8;1-2/h7-9H,3-6H2,1-2H3,(H,12,14);1-2H3. The Morgan fingerprint density at radius 1 is 1.29 bits per heavy atom. The highest BCUT2D eigenvalue weighted by Gasteiger charge is 2.40. The van der Waals surface area contributed by atoms with E-state index in [1.54, 1.807) is 0 Å². The third-order valence-electron chi connectivity index (χ3n) is 3.07. The molecule has 0 aromatic carbocycles. The third-order valence-corrected chi connectivity index (χ3v) is 3.07. The molecule has 1 heterocycles. The molecular formula is C13H24N2O2. The quantitative estimate of drug-likeness (QED) is 0.813. The van der Waals surface area contributed by atoms with Crippen LogP contribution in [0.25, 0.3) is 0 Å². The van der Waals surface area contributed by atoms with Crippen molar-refractivity contribution in [3.05, 3.63) is 0 Å². The second-order valence-corrected chi connectivity index (χ2v) is 4.77. The van der Waals surface area contributed by atoms with Crippen LogP contribution in [0.3, 0.4) is 0 Å². The lowest BCUT2D eigenvalue weighted by Crippen LogP contribution is -2.43. The monoisotopic (exact) mass is 240 g/mol. The average molecular weight is 240 g/mol. The zero-order valence-corrected chi connectivity index (χ0v) is 11.3. The highest BCUT2D eigenvalue weighted by molar-refractivity contribution is 5.90. The van der Waals surface area contributed by atoms with Gasteiger partial charge in [0.1, 0.15) is 6.04 Å². The lowest BCUT2D eigenvalue weighted by atomic mass is 10.1. The molecule has 1 saturated carbocycles. The number of nitrogens with one attached hydrogen (secondary N) is 1. The predicted molar refractivity (Wildman–Crippen MR) is 67.5 cm³/mol. The van der Waals surface area contributed by atoms with Gasteiger partial charge in [0, 0.05) is 18.5 Å². The molecule has 1 aliphatic carbocycles. The van der Waals surface area contributed by atoms with Gasteiger partial charge in [-0.1, -0.05) is 27.7 Å². The summed E-state index contributed by atoms with van der Waals surface area (Å²) in [5, 5.41) is 2.81. The van der Waals surface area contributed by atoms with E-state index in [-0.39, 0.29) is 23.8 Å². The van der Waals surface area contributed by atoms with E-state index in [9.17, 15) is 9.59 Å². The van der Waals surface area contributed by atoms with Crippen molar-refractivity contribution in [2.24, 2.45) is 5.92 Å². The molecule has 4 nitrogen and oxygen atoms in total. The van der Waals surface area contributed by atoms with Crippen LogP contribution in [0.5, 0.6) is 0 Å². The van der Waals surface area contributed by atoms with Crippen LogP contribution in [0.4, 0.5) is 0 Å². The molecule has 1 atom stereocenters. The molecule has 1 unspecified atom stereocenters. The van der Waals surface area contributed by atoms with E-state index in [0.717, 1.165) is 25.8 Å². The summed E-state index contributed by atoms with van der Waals surface area (Å²) in [6.07, 6.45) is 3.04. The van der Waals surface area contributed by atoms with Crippen molar-refractivity contribution in [2.45, 2.75) is 59.0 Å². The topological polar surface area (TPSA) is 49.4 Å². The number of hydrogen-bond acceptors (Lipinski definition) is 2. The molecule has 0 radical (unpaired) electrons. The van der Waals surface area contributed by atoms with Gasteiger partial charge in [-0.2, -0.15) is 0 Å². The van der Waals surface area contributed by atoms with Crippen LogP contribution in [0.1, 0.15) is 47.0 Å². The van der Waals surface area contributed by atoms with Gasteiger partial charge in [0.05, 0.1) is 0 Å². The highest BCUT2D eigenvalue weighted by Crippen LogP contribution is 2.30. The number of carbonyl (C=O) groups is 2. The van der Waals surface area contributed by atoms with Crippen LogP contribution in [0.2, 0.25) is 0 Å². The predicted octanol–water partition coefficient (Wildman–Crippen LogP) is 1.55. The summed E-state index contributed by atoms with van der Waals surface area (Å²) < 4.78 is 0. The normalized spacial score (nSPS) is 23.5. The number of rotatable bonds is 3. The van der Waals surface area contributed by atoms with E-state index in [1.807, 2.05) is 32.6 Å². The maximum absolute atomic E-state index is 11.9. The van der Waals surface area contributed by atoms with E-state index in [2.05, 4.69) is 5.32 Å². The lowest BCUT2D eigenvalue weighted by molar-refractivity contribution is -0.133. The number of likely N-dealkylation sites (tertiary alicyclic amines) is 1. The fraction of sp³-hybridized carbons (Fsp3) is 0.846. The molecule has 98 valence electrons. The third kappa shape index (κ3) is 3.45. The minimum Gasteiger partial charge on any atom is -0.344 e. The first-order chi connectivity index (χ1) is 8.09. The van der Waals surface area contributed by atoms with Crippen molar-refractivity contribution in [1.82, 2.24) is 10.2 Å². The van der Waals surface area contributed by atoms with Gasteiger partial charge in [-0.15, -0.1) is 0 Å². The zero-order chi connectivity index (χ0) is 13.0. The SMILES string of the molecule is CC.CC(C)C(=O)NC1CCN(C2CC2)C1=O. The van der Waals surface area contributed by atoms with Gasteiger partial charge in [0.25, 0.3) is 0 Å². The molecule has 0 aromatic heterocycles. The summed E-state index contributed by atoms with van der Waals surface area (Å²) in [6, 6.07) is 0.207. The van der Waals surface area contributed by atoms with E-state index >= 15 is 0 Å². The molecule has 17 heavy (non-hydrogen) atoms. The van der Waals surface area contributed by atoms with Crippen molar-refractivity contribution < 1.29 is 9.59 Å². The molecule has 0 bridgehead atoms. The van der Waals surface area contributed by atoms with Crippen molar-refractivity contribution in [3.8, 4) is 0 Å². The van der Waals surface area contributed by atoms with Crippen LogP contribution in [-0.4, -0.2) is 35.3 Å². The Bertz CT molecular complexity index is 285. The van der Waals surface area contributed by atoms with Crippen molar-refractivity contribution in [3.63, 3.8) is 0 Å². The van der Waals surface area contributed by atoms with Gasteiger partial charge >= 0.3 is 0 Å². The Kier molecular flexibility index (Phi) is 4.97. The molecule has 0 aromatic rings. The van der Waals surface area contributed by atoms with E-state index in [1.165, 1.54) is 0 Å². The van der Waals surface area contributed by atoms with Crippen LogP contribution in [-0.2, 0) is 9.59 Å². The average Bonchev–Trinajstić information content (AvgIpc) is 3.09. The number of hydrogen-bond donors (Lipinski definition) is 1. The maximum Gasteiger partial charge on any atom is 0.245 e. The van der Waals surface area contributed by atoms with Gasteiger partial charge in [-0.05, 0) is 19.3 Å². The maximum atomic E-state index is 11.9. The van der Waals surface area contributed by atoms with Crippen molar-refractivity contribution in [2.75, 3.05) is 6.54 Å². The molecule has 1 saturated heterocycles. The second-order valence-electron chi connectivity index (χ2n) is 4.77. The van der Waals surface area contributed by atoms with E-state index in [0.29, 0.717) is 6.04 Å². The molecule has 2 aliphatic rings. The highest BCUT2D eigenvalue weighted by atomic mass is 16.2. The fourth-order valence-corrected chi connectivity index (χ4v) is 1.92. The zero-order valence-electron chi connectivity index (χ0n) is 11.3. The first-order valence-electron chi connectivity index (χ1n) is 6.70. The van der Waals surface area contributed by atoms with Gasteiger partial charge < -0.3 is 10.2 Å². The van der Waals surface area contributed by atoms with Crippen LogP contribution in [0, 0.1) is 5.92 Å². The Morgan fingerprint density at radius 3 is 2.35 bits per heavy atom. The van der Waals surface area contributed by atoms with E-state index < -0.39 is 0 Å². The number of carbonyl (C=O) groups excluding carboxylic acids is 2. The summed E-state index contributed by atoms with van der Waals surface area (Å²) in [5.41, 5.74) is 0. The fourth-order valence-electron chi connectivity index (χ4n) is 1.92. The summed E-state index contributed by atoms with van der Waals surface area (Å²) in [4.78, 5) is 25.2. The Morgan fingerprint density at radius 2 is 1.88 bits per heavy atom. The van der Waals surface area contributed by atoms with E-state index in [4.69, 9.17) is 0 Å². The largest absolute Gasteiger partial charge is 0.344 e. The summed E-state index contributed by atoms with van der Waals surface area (Å²) >= 11 is 0. The second kappa shape index (κ2) is 6.03. The van der Waals surface area contributed by atoms with Crippen LogP contribution >= 0.6 is 0 Å². The minimum atomic E-state index is -0.263. The van der Waals surface area contributed by atoms with Crippen LogP contribution in [0.15, 0.2) is 0 Å².